The van der Waals surface area contributed by atoms with E-state index < -0.39 is 11.9 Å². The number of rotatable bonds is 7. The lowest BCUT2D eigenvalue weighted by molar-refractivity contribution is -0.193. The molecule has 0 bridgehead atoms. The maximum atomic E-state index is 11.6. The molecule has 3 heterocycles. The minimum atomic E-state index is -0.988. The molecule has 3 aromatic heterocycles. The normalized spacial score (nSPS) is 9.78. The number of aliphatic carboxylic acids is 1. The highest BCUT2D eigenvalue weighted by Crippen LogP contribution is 2.46. The number of hydrogen-bond acceptors (Lipinski definition) is 9. The first kappa shape index (κ1) is 30.8. The summed E-state index contributed by atoms with van der Waals surface area (Å²) in [5.41, 5.74) is 4.12. The number of hydrogen-bond donors (Lipinski definition) is 2. The van der Waals surface area contributed by atoms with E-state index in [1.165, 1.54) is 32.2 Å². The third kappa shape index (κ3) is 7.89. The zero-order valence-corrected chi connectivity index (χ0v) is 23.7. The van der Waals surface area contributed by atoms with Gasteiger partial charge in [0, 0.05) is 29.3 Å². The van der Waals surface area contributed by atoms with Crippen molar-refractivity contribution < 1.29 is 39.0 Å². The molecule has 0 aliphatic carbocycles. The van der Waals surface area contributed by atoms with Crippen molar-refractivity contribution in [3.05, 3.63) is 95.6 Å². The molecule has 0 unspecified atom stereocenters. The van der Waals surface area contributed by atoms with Gasteiger partial charge in [0.1, 0.15) is 0 Å². The summed E-state index contributed by atoms with van der Waals surface area (Å²) in [5, 5.41) is 18.8. The van der Waals surface area contributed by atoms with Gasteiger partial charge in [0.05, 0.1) is 12.0 Å². The number of carbonyl (C=O) groups excluding carboxylic acids is 4. The highest BCUT2D eigenvalue weighted by atomic mass is 32.1. The summed E-state index contributed by atoms with van der Waals surface area (Å²) in [6, 6.07) is 25.3. The first-order chi connectivity index (χ1) is 19.7. The van der Waals surface area contributed by atoms with E-state index in [0.29, 0.717) is 0 Å². The molecule has 5 rings (SSSR count). The van der Waals surface area contributed by atoms with Crippen molar-refractivity contribution in [1.29, 1.82) is 0 Å². The van der Waals surface area contributed by atoms with Crippen LogP contribution in [0.2, 0.25) is 0 Å². The average Bonchev–Trinajstić information content (AvgIpc) is 3.68. The van der Waals surface area contributed by atoms with Gasteiger partial charge in [-0.3, -0.25) is 4.79 Å². The summed E-state index contributed by atoms with van der Waals surface area (Å²) >= 11 is 4.91. The predicted molar refractivity (Wildman–Crippen MR) is 155 cm³/mol. The molecule has 0 spiro atoms. The summed E-state index contributed by atoms with van der Waals surface area (Å²) in [6.07, 6.45) is 0.411. The highest BCUT2D eigenvalue weighted by molar-refractivity contribution is 7.28. The van der Waals surface area contributed by atoms with Crippen molar-refractivity contribution in [2.24, 2.45) is 0 Å². The van der Waals surface area contributed by atoms with E-state index in [0.717, 1.165) is 30.6 Å². The Kier molecular flexibility index (Phi) is 10.9. The SMILES string of the molecule is Cc1cc(-c2ccccc2)sc1-c1ccc(-c2sc(-c3cccc(C(=O)O)c3)cc2CC(=O)O)s1.O=C=O.O=C=O. The Morgan fingerprint density at radius 2 is 1.22 bits per heavy atom. The number of thiophene rings is 3. The number of carboxylic acid groups (broad SMARTS) is 2. The summed E-state index contributed by atoms with van der Waals surface area (Å²) < 4.78 is 0. The number of benzene rings is 2. The second kappa shape index (κ2) is 14.6. The van der Waals surface area contributed by atoms with Crippen LogP contribution in [0.4, 0.5) is 0 Å². The molecule has 41 heavy (non-hydrogen) atoms. The zero-order valence-electron chi connectivity index (χ0n) is 21.3. The minimum Gasteiger partial charge on any atom is -0.481 e. The Balaban J connectivity index is 0.000000710. The monoisotopic (exact) mass is 604 g/mol. The third-order valence-corrected chi connectivity index (χ3v) is 9.53. The van der Waals surface area contributed by atoms with Gasteiger partial charge in [-0.1, -0.05) is 42.5 Å². The molecule has 11 heteroatoms. The van der Waals surface area contributed by atoms with Crippen LogP contribution in [0.5, 0.6) is 0 Å². The smallest absolute Gasteiger partial charge is 0.373 e. The summed E-state index contributed by atoms with van der Waals surface area (Å²) in [4.78, 5) is 61.8. The lowest BCUT2D eigenvalue weighted by atomic mass is 10.1. The zero-order chi connectivity index (χ0) is 29.9. The van der Waals surface area contributed by atoms with Crippen LogP contribution in [0.25, 0.3) is 40.4 Å². The van der Waals surface area contributed by atoms with Crippen LogP contribution in [-0.2, 0) is 30.4 Å². The first-order valence-corrected chi connectivity index (χ1v) is 14.1. The van der Waals surface area contributed by atoms with Crippen LogP contribution in [0.1, 0.15) is 21.5 Å². The molecule has 0 saturated heterocycles. The molecule has 0 fully saturated rings. The van der Waals surface area contributed by atoms with Crippen LogP contribution in [0.15, 0.2) is 78.9 Å². The fraction of sp³-hybridized carbons (Fsp3) is 0.0667. The van der Waals surface area contributed by atoms with Gasteiger partial charge in [-0.05, 0) is 65.6 Å². The maximum Gasteiger partial charge on any atom is 0.373 e. The fourth-order valence-corrected chi connectivity index (χ4v) is 7.61. The van der Waals surface area contributed by atoms with Crippen molar-refractivity contribution in [3.63, 3.8) is 0 Å². The van der Waals surface area contributed by atoms with E-state index in [1.54, 1.807) is 40.9 Å². The highest BCUT2D eigenvalue weighted by Gasteiger charge is 2.19. The van der Waals surface area contributed by atoms with E-state index in [1.807, 2.05) is 30.3 Å². The maximum absolute atomic E-state index is 11.6. The van der Waals surface area contributed by atoms with Crippen molar-refractivity contribution >= 4 is 58.3 Å². The number of carboxylic acids is 2. The quantitative estimate of drug-likeness (QED) is 0.202. The number of aromatic carboxylic acids is 1. The lowest BCUT2D eigenvalue weighted by Crippen LogP contribution is -1.99. The van der Waals surface area contributed by atoms with E-state index in [2.05, 4.69) is 37.3 Å². The first-order valence-electron chi connectivity index (χ1n) is 11.7. The van der Waals surface area contributed by atoms with Crippen molar-refractivity contribution in [3.8, 4) is 40.4 Å². The van der Waals surface area contributed by atoms with Gasteiger partial charge in [-0.2, -0.15) is 19.2 Å². The average molecular weight is 605 g/mol. The number of carbonyl (C=O) groups is 2. The van der Waals surface area contributed by atoms with E-state index in [-0.39, 0.29) is 24.3 Å². The third-order valence-electron chi connectivity index (χ3n) is 5.57. The van der Waals surface area contributed by atoms with Crippen LogP contribution in [-0.4, -0.2) is 34.5 Å². The van der Waals surface area contributed by atoms with Crippen molar-refractivity contribution in [2.45, 2.75) is 13.3 Å². The topological polar surface area (TPSA) is 143 Å². The second-order valence-electron chi connectivity index (χ2n) is 8.24. The van der Waals surface area contributed by atoms with Crippen LogP contribution in [0, 0.1) is 6.92 Å². The van der Waals surface area contributed by atoms with Gasteiger partial charge in [-0.15, -0.1) is 34.0 Å². The molecular weight excluding hydrogens is 585 g/mol. The van der Waals surface area contributed by atoms with Crippen LogP contribution >= 0.6 is 34.0 Å². The Morgan fingerprint density at radius 3 is 1.83 bits per heavy atom. The molecule has 0 aliphatic heterocycles. The molecule has 8 nitrogen and oxygen atoms in total. The second-order valence-corrected chi connectivity index (χ2v) is 11.4. The van der Waals surface area contributed by atoms with Gasteiger partial charge >= 0.3 is 24.2 Å². The van der Waals surface area contributed by atoms with Gasteiger partial charge in [0.25, 0.3) is 0 Å². The Bertz CT molecular complexity index is 1720. The van der Waals surface area contributed by atoms with E-state index in [9.17, 15) is 19.8 Å². The lowest BCUT2D eigenvalue weighted by Gasteiger charge is -1.99. The molecule has 5 aromatic rings. The molecule has 2 N–H and O–H groups in total. The van der Waals surface area contributed by atoms with Crippen LogP contribution in [0.3, 0.4) is 0 Å². The Labute approximate surface area is 245 Å². The molecule has 0 amide bonds. The van der Waals surface area contributed by atoms with Crippen molar-refractivity contribution in [1.82, 2.24) is 0 Å². The van der Waals surface area contributed by atoms with Crippen molar-refractivity contribution in [2.75, 3.05) is 0 Å². The molecule has 206 valence electrons. The Morgan fingerprint density at radius 1 is 0.659 bits per heavy atom. The molecule has 0 saturated carbocycles. The molecule has 2 aromatic carbocycles. The van der Waals surface area contributed by atoms with Crippen LogP contribution < -0.4 is 0 Å². The minimum absolute atomic E-state index is 0.0894. The summed E-state index contributed by atoms with van der Waals surface area (Å²) in [7, 11) is 0. The van der Waals surface area contributed by atoms with Gasteiger partial charge < -0.3 is 10.2 Å². The van der Waals surface area contributed by atoms with Gasteiger partial charge in [0.2, 0.25) is 0 Å². The summed E-state index contributed by atoms with van der Waals surface area (Å²) in [5.74, 6) is -1.88. The fourth-order valence-electron chi connectivity index (χ4n) is 3.93. The molecule has 0 aliphatic rings. The van der Waals surface area contributed by atoms with E-state index >= 15 is 0 Å². The van der Waals surface area contributed by atoms with E-state index in [4.69, 9.17) is 19.2 Å². The predicted octanol–water partition coefficient (Wildman–Crippen LogP) is 7.01. The number of aryl methyl sites for hydroxylation is 1. The molecular formula is C30H20O8S3. The standard InChI is InChI=1S/C28H20O4S3.2CO2/c1-16-12-23(17-6-3-2-4-7-17)34-26(16)21-10-11-22(33-21)27-20(15-25(29)30)14-24(35-27)18-8-5-9-19(13-18)28(31)32;2*2-1-3/h2-14H,15H2,1H3,(H,29,30)(H,31,32);;. The Hall–Kier alpha value is -4.76. The summed E-state index contributed by atoms with van der Waals surface area (Å²) in [6.45, 7) is 2.12. The molecule has 0 atom stereocenters. The van der Waals surface area contributed by atoms with Gasteiger partial charge in [-0.25, -0.2) is 4.79 Å². The molecule has 0 radical (unpaired) electrons. The largest absolute Gasteiger partial charge is 0.481 e. The van der Waals surface area contributed by atoms with Gasteiger partial charge in [0.15, 0.2) is 0 Å².